The highest BCUT2D eigenvalue weighted by molar-refractivity contribution is 7.16. The summed E-state index contributed by atoms with van der Waals surface area (Å²) >= 11 is 1.68. The monoisotopic (exact) mass is 444 g/mol. The van der Waals surface area contributed by atoms with Gasteiger partial charge in [0.05, 0.1) is 11.6 Å². The average molecular weight is 445 g/mol. The number of hydrogen-bond acceptors (Lipinski definition) is 4. The molecule has 0 radical (unpaired) electrons. The largest absolute Gasteiger partial charge is 0.349 e. The number of benzene rings is 1. The predicted octanol–water partition coefficient (Wildman–Crippen LogP) is 5.92. The van der Waals surface area contributed by atoms with E-state index in [1.54, 1.807) is 11.3 Å². The van der Waals surface area contributed by atoms with Crippen molar-refractivity contribution in [2.75, 3.05) is 0 Å². The molecule has 0 atom stereocenters. The first-order valence-electron chi connectivity index (χ1n) is 11.7. The van der Waals surface area contributed by atoms with E-state index < -0.39 is 0 Å². The molecular weight excluding hydrogens is 416 g/mol. The minimum Gasteiger partial charge on any atom is -0.349 e. The molecule has 1 aromatic carbocycles. The second kappa shape index (κ2) is 9.30. The van der Waals surface area contributed by atoms with Crippen molar-refractivity contribution >= 4 is 39.4 Å². The number of aromatic nitrogens is 1. The van der Waals surface area contributed by atoms with Gasteiger partial charge in [0.1, 0.15) is 11.5 Å². The zero-order valence-electron chi connectivity index (χ0n) is 18.3. The highest BCUT2D eigenvalue weighted by Crippen LogP contribution is 2.40. The lowest BCUT2D eigenvalue weighted by Crippen LogP contribution is -2.36. The van der Waals surface area contributed by atoms with Crippen molar-refractivity contribution < 1.29 is 4.79 Å². The lowest BCUT2D eigenvalue weighted by Gasteiger charge is -2.23. The second-order valence-electron chi connectivity index (χ2n) is 8.85. The summed E-state index contributed by atoms with van der Waals surface area (Å²) in [4.78, 5) is 19.5. The molecule has 3 aromatic rings. The zero-order chi connectivity index (χ0) is 21.9. The lowest BCUT2D eigenvalue weighted by atomic mass is 9.93. The van der Waals surface area contributed by atoms with Gasteiger partial charge in [0.15, 0.2) is 0 Å². The van der Waals surface area contributed by atoms with E-state index in [2.05, 4.69) is 17.5 Å². The third kappa shape index (κ3) is 4.10. The summed E-state index contributed by atoms with van der Waals surface area (Å²) in [5.41, 5.74) is 4.01. The Kier molecular flexibility index (Phi) is 6.09. The number of carbonyl (C=O) groups is 1. The summed E-state index contributed by atoms with van der Waals surface area (Å²) in [5, 5.41) is 14.4. The van der Waals surface area contributed by atoms with Crippen LogP contribution in [0.15, 0.2) is 35.5 Å². The molecule has 0 bridgehead atoms. The molecule has 2 aliphatic rings. The third-order valence-corrected chi connectivity index (χ3v) is 7.90. The molecule has 5 rings (SSSR count). The maximum absolute atomic E-state index is 13.4. The molecule has 1 fully saturated rings. The molecule has 32 heavy (non-hydrogen) atoms. The molecule has 164 valence electrons. The minimum absolute atomic E-state index is 0.0513. The first kappa shape index (κ1) is 21.0. The van der Waals surface area contributed by atoms with Gasteiger partial charge < -0.3 is 9.88 Å². The van der Waals surface area contributed by atoms with E-state index in [0.29, 0.717) is 6.54 Å². The standard InChI is InChI=1S/C26H28N4OS/c27-14-15-30-17-18(20-10-4-6-12-22(20)30)16-28-26-24(21-11-5-7-13-23(21)32-26)25(31)29-19-8-2-1-3-9-19/h4,6,10,12,16-17,19H,1-3,5,7-9,11,13,15H2,(H,29,31). The Morgan fingerprint density at radius 3 is 2.84 bits per heavy atom. The highest BCUT2D eigenvalue weighted by atomic mass is 32.1. The molecule has 5 nitrogen and oxygen atoms in total. The number of para-hydroxylation sites is 1. The van der Waals surface area contributed by atoms with Gasteiger partial charge in [-0.05, 0) is 50.2 Å². The van der Waals surface area contributed by atoms with E-state index in [1.807, 2.05) is 35.2 Å². The lowest BCUT2D eigenvalue weighted by molar-refractivity contribution is 0.0927. The van der Waals surface area contributed by atoms with Crippen LogP contribution in [0.3, 0.4) is 0 Å². The van der Waals surface area contributed by atoms with E-state index in [9.17, 15) is 10.1 Å². The quantitative estimate of drug-likeness (QED) is 0.496. The number of nitriles is 1. The van der Waals surface area contributed by atoms with Crippen molar-refractivity contribution in [3.63, 3.8) is 0 Å². The van der Waals surface area contributed by atoms with Crippen LogP contribution in [0.5, 0.6) is 0 Å². The van der Waals surface area contributed by atoms with Gasteiger partial charge in [-0.3, -0.25) is 4.79 Å². The molecule has 1 saturated carbocycles. The van der Waals surface area contributed by atoms with Gasteiger partial charge in [0, 0.05) is 39.8 Å². The Hall–Kier alpha value is -2.91. The Balaban J connectivity index is 1.49. The van der Waals surface area contributed by atoms with E-state index in [1.165, 1.54) is 36.1 Å². The number of aryl methyl sites for hydroxylation is 1. The van der Waals surface area contributed by atoms with Gasteiger partial charge in [0.25, 0.3) is 5.91 Å². The third-order valence-electron chi connectivity index (χ3n) is 6.70. The number of carbonyl (C=O) groups excluding carboxylic acids is 1. The highest BCUT2D eigenvalue weighted by Gasteiger charge is 2.27. The number of nitrogens with zero attached hydrogens (tertiary/aromatic N) is 3. The molecule has 0 spiro atoms. The fourth-order valence-electron chi connectivity index (χ4n) is 5.09. The Morgan fingerprint density at radius 1 is 1.19 bits per heavy atom. The predicted molar refractivity (Wildman–Crippen MR) is 130 cm³/mol. The fourth-order valence-corrected chi connectivity index (χ4v) is 6.32. The number of nitrogens with one attached hydrogen (secondary N) is 1. The molecule has 2 aromatic heterocycles. The second-order valence-corrected chi connectivity index (χ2v) is 9.93. The van der Waals surface area contributed by atoms with Gasteiger partial charge in [-0.15, -0.1) is 11.3 Å². The maximum Gasteiger partial charge on any atom is 0.254 e. The van der Waals surface area contributed by atoms with E-state index >= 15 is 0 Å². The molecule has 1 amide bonds. The van der Waals surface area contributed by atoms with Gasteiger partial charge in [-0.2, -0.15) is 5.26 Å². The van der Waals surface area contributed by atoms with Gasteiger partial charge in [0.2, 0.25) is 0 Å². The van der Waals surface area contributed by atoms with Crippen molar-refractivity contribution in [2.24, 2.45) is 4.99 Å². The number of amides is 1. The number of hydrogen-bond donors (Lipinski definition) is 1. The van der Waals surface area contributed by atoms with Crippen LogP contribution in [-0.4, -0.2) is 22.7 Å². The Morgan fingerprint density at radius 2 is 2.00 bits per heavy atom. The van der Waals surface area contributed by atoms with Crippen molar-refractivity contribution in [2.45, 2.75) is 70.4 Å². The summed E-state index contributed by atoms with van der Waals surface area (Å²) in [6.45, 7) is 0.302. The molecule has 6 heteroatoms. The van der Waals surface area contributed by atoms with Crippen molar-refractivity contribution in [1.29, 1.82) is 5.26 Å². The molecule has 0 saturated heterocycles. The first-order valence-corrected chi connectivity index (χ1v) is 12.5. The molecule has 2 aliphatic carbocycles. The topological polar surface area (TPSA) is 70.2 Å². The average Bonchev–Trinajstić information content (AvgIpc) is 3.37. The van der Waals surface area contributed by atoms with Crippen LogP contribution >= 0.6 is 11.3 Å². The van der Waals surface area contributed by atoms with Crippen LogP contribution in [0.4, 0.5) is 5.00 Å². The number of rotatable bonds is 5. The molecule has 0 aliphatic heterocycles. The Bertz CT molecular complexity index is 1210. The maximum atomic E-state index is 13.4. The Labute approximate surface area is 192 Å². The van der Waals surface area contributed by atoms with Crippen LogP contribution < -0.4 is 5.32 Å². The van der Waals surface area contributed by atoms with Crippen molar-refractivity contribution in [3.8, 4) is 6.07 Å². The zero-order valence-corrected chi connectivity index (χ0v) is 19.1. The summed E-state index contributed by atoms with van der Waals surface area (Å²) in [6.07, 6.45) is 14.0. The van der Waals surface area contributed by atoms with Crippen molar-refractivity contribution in [3.05, 3.63) is 52.0 Å². The summed E-state index contributed by atoms with van der Waals surface area (Å²) < 4.78 is 1.95. The number of fused-ring (bicyclic) bond motifs is 2. The van der Waals surface area contributed by atoms with Gasteiger partial charge >= 0.3 is 0 Å². The van der Waals surface area contributed by atoms with Crippen LogP contribution in [-0.2, 0) is 19.4 Å². The molecular formula is C26H28N4OS. The van der Waals surface area contributed by atoms with Crippen LogP contribution in [0.1, 0.15) is 71.3 Å². The van der Waals surface area contributed by atoms with Crippen molar-refractivity contribution in [1.82, 2.24) is 9.88 Å². The fraction of sp³-hybridized carbons (Fsp3) is 0.423. The van der Waals surface area contributed by atoms with Gasteiger partial charge in [-0.25, -0.2) is 4.99 Å². The number of thiophene rings is 1. The smallest absolute Gasteiger partial charge is 0.254 e. The molecule has 2 heterocycles. The normalized spacial score (nSPS) is 16.8. The SMILES string of the molecule is N#CCn1cc(C=Nc2sc3c(c2C(=O)NC2CCCCC2)CCCC3)c2ccccc21. The molecule has 0 unspecified atom stereocenters. The first-order chi connectivity index (χ1) is 15.7. The van der Waals surface area contributed by atoms with Crippen LogP contribution in [0.25, 0.3) is 10.9 Å². The number of aliphatic imine (C=N–C) groups is 1. The summed E-state index contributed by atoms with van der Waals surface area (Å²) in [7, 11) is 0. The van der Waals surface area contributed by atoms with E-state index in [4.69, 9.17) is 4.99 Å². The van der Waals surface area contributed by atoms with E-state index in [0.717, 1.165) is 59.1 Å². The summed E-state index contributed by atoms with van der Waals surface area (Å²) in [6, 6.07) is 10.6. The molecule has 1 N–H and O–H groups in total. The van der Waals surface area contributed by atoms with Crippen LogP contribution in [0, 0.1) is 11.3 Å². The summed E-state index contributed by atoms with van der Waals surface area (Å²) in [5.74, 6) is 0.0513. The van der Waals surface area contributed by atoms with Gasteiger partial charge in [-0.1, -0.05) is 37.5 Å². The minimum atomic E-state index is 0.0513. The van der Waals surface area contributed by atoms with Crippen LogP contribution in [0.2, 0.25) is 0 Å². The van der Waals surface area contributed by atoms with E-state index in [-0.39, 0.29) is 11.9 Å².